The SMILES string of the molecule is CCC(=O)C1(NC(=O)C(=O)c2c(C)c(C(=O)Nc3ccc(C)c(Cl)c3)n3c2CCC3)CC(F)(F)C1.CCC(=O)C1(NC(=O)C(=O)c2c(C)c(C(=O)Nc3ccc(C)c(Cl)c3)n3c2C[C@@H]2C[C@@H]23)CC(F)(F)C1.Cc1ccc(NC(=O)c2c(C)c(C(=O)C(=O)NC(C)C)c3n2CCC3)cc1Cl.Cc1ccc(NC(=O)c2c(Cl)c(C(=O)C(=O)NC(C)(C)C)c3n2CCC3)cc1C#N. The summed E-state index contributed by atoms with van der Waals surface area (Å²) in [5.41, 5.74) is 7.27. The number of nitrogens with zero attached hydrogens (tertiary/aromatic N) is 5. The first-order valence-electron chi connectivity index (χ1n) is 42.4. The minimum absolute atomic E-state index is 0.0242. The maximum atomic E-state index is 13.7. The molecule has 15 rings (SSSR count). The molecule has 0 unspecified atom stereocenters. The highest BCUT2D eigenvalue weighted by Gasteiger charge is 2.63. The average molecular weight is 1850 g/mol. The van der Waals surface area contributed by atoms with Crippen LogP contribution in [0.2, 0.25) is 20.1 Å². The quantitative estimate of drug-likeness (QED) is 0.0168. The second-order valence-electron chi connectivity index (χ2n) is 35.3. The van der Waals surface area contributed by atoms with Crippen LogP contribution in [0.4, 0.5) is 40.3 Å². The van der Waals surface area contributed by atoms with Crippen LogP contribution in [0.3, 0.4) is 0 Å². The van der Waals surface area contributed by atoms with E-state index in [9.17, 15) is 89.9 Å². The first-order chi connectivity index (χ1) is 60.5. The molecular formula is C94H99Cl4F4N13O14. The van der Waals surface area contributed by atoms with Gasteiger partial charge in [0.2, 0.25) is 0 Å². The van der Waals surface area contributed by atoms with Gasteiger partial charge >= 0.3 is 0 Å². The fourth-order valence-corrected chi connectivity index (χ4v) is 18.9. The molecule has 129 heavy (non-hydrogen) atoms. The summed E-state index contributed by atoms with van der Waals surface area (Å²) in [6.45, 7) is 25.9. The lowest BCUT2D eigenvalue weighted by molar-refractivity contribution is -0.163. The second kappa shape index (κ2) is 37.3. The van der Waals surface area contributed by atoms with Crippen molar-refractivity contribution in [2.45, 2.75) is 247 Å². The topological polar surface area (TPSA) is 379 Å². The molecule has 8 aromatic rings. The third kappa shape index (κ3) is 19.7. The van der Waals surface area contributed by atoms with Crippen molar-refractivity contribution in [3.05, 3.63) is 205 Å². The fraction of sp³-hybridized carbons (Fsp3) is 0.415. The summed E-state index contributed by atoms with van der Waals surface area (Å²) >= 11 is 24.9. The molecule has 8 heterocycles. The number of nitrogens with one attached hydrogen (secondary N) is 8. The van der Waals surface area contributed by atoms with E-state index in [2.05, 4.69) is 48.6 Å². The Morgan fingerprint density at radius 3 is 1.18 bits per heavy atom. The zero-order valence-electron chi connectivity index (χ0n) is 73.7. The predicted molar refractivity (Wildman–Crippen MR) is 478 cm³/mol. The van der Waals surface area contributed by atoms with Gasteiger partial charge in [-0.3, -0.25) is 67.1 Å². The molecule has 27 nitrogen and oxygen atoms in total. The summed E-state index contributed by atoms with van der Waals surface area (Å²) in [5.74, 6) is -15.5. The van der Waals surface area contributed by atoms with Gasteiger partial charge in [0.05, 0.1) is 38.9 Å². The van der Waals surface area contributed by atoms with Crippen molar-refractivity contribution in [3.63, 3.8) is 0 Å². The smallest absolute Gasteiger partial charge is 0.293 e. The molecule has 4 aromatic heterocycles. The zero-order chi connectivity index (χ0) is 94.7. The number of amides is 8. The first kappa shape index (κ1) is 96.2. The van der Waals surface area contributed by atoms with E-state index < -0.39 is 130 Å². The van der Waals surface area contributed by atoms with Gasteiger partial charge in [-0.25, -0.2) is 17.6 Å². The number of halogens is 8. The van der Waals surface area contributed by atoms with Crippen molar-refractivity contribution in [1.82, 2.24) is 39.5 Å². The van der Waals surface area contributed by atoms with Gasteiger partial charge in [0.15, 0.2) is 11.6 Å². The minimum Gasteiger partial charge on any atom is -0.347 e. The standard InChI is InChI=1S/C26H26ClF2N3O4.C25H26ClF2N3O4.C22H23ClN4O3.C21H24ClN3O3/c1-4-19(33)25(10-26(28,29)11-25)31-24(36)22(34)20-13(3)21(32-17-7-14(17)8-18(20)32)23(35)30-15-6-5-12(2)16(27)9-15;1-4-18(32)24(11-25(27,28)12-24)30-23(35)21(33)19-14(3)20(31-9-5-6-17(19)31)22(34)29-15-8-7-13(2)16(26)10-15;1-12-7-8-14(10-13(12)11-24)25-20(29)18-17(23)16(15-6-5-9-27(15)18)19(28)21(30)26-22(2,3)4;1-11(2)23-21(28)19(26)17-13(4)18(25-9-5-6-16(17)25)20(27)24-14-8-7-12(3)15(22)10-14/h5-6,9,14,17H,4,7-8,10-11H2,1-3H3,(H,30,35)(H,31,36);7-8,10H,4-6,9,11-12H2,1-3H3,(H,29,34)(H,30,35);7-8,10H,5-6,9H2,1-4H3,(H,25,29)(H,26,30);7-8,10-11H,5-6,9H2,1-4H3,(H,23,28)(H,24,27)/t14-,17-;;;/m0.../s1. The number of alkyl halides is 4. The number of nitriles is 1. The highest BCUT2D eigenvalue weighted by atomic mass is 35.5. The van der Waals surface area contributed by atoms with Gasteiger partial charge in [0, 0.05) is 136 Å². The van der Waals surface area contributed by atoms with E-state index in [1.807, 2.05) is 42.9 Å². The van der Waals surface area contributed by atoms with E-state index in [0.717, 1.165) is 47.2 Å². The van der Waals surface area contributed by atoms with Crippen molar-refractivity contribution in [2.24, 2.45) is 5.92 Å². The summed E-state index contributed by atoms with van der Waals surface area (Å²) in [7, 11) is 0. The molecular weight excluding hydrogens is 1750 g/mol. The lowest BCUT2D eigenvalue weighted by atomic mass is 9.69. The normalized spacial score (nSPS) is 16.6. The van der Waals surface area contributed by atoms with Crippen LogP contribution in [0.5, 0.6) is 0 Å². The van der Waals surface area contributed by atoms with Crippen LogP contribution in [-0.2, 0) is 74.1 Å². The number of fused-ring (bicyclic) bond motifs is 6. The third-order valence-electron chi connectivity index (χ3n) is 24.2. The zero-order valence-corrected chi connectivity index (χ0v) is 76.7. The molecule has 3 fully saturated rings. The Bertz CT molecular complexity index is 6140. The number of benzene rings is 4. The number of carbonyl (C=O) groups excluding carboxylic acids is 14. The minimum atomic E-state index is -3.07. The Kier molecular flexibility index (Phi) is 27.8. The highest BCUT2D eigenvalue weighted by Crippen LogP contribution is 2.55. The van der Waals surface area contributed by atoms with E-state index in [0.29, 0.717) is 140 Å². The molecule has 7 aliphatic rings. The molecule has 3 aliphatic carbocycles. The summed E-state index contributed by atoms with van der Waals surface area (Å²) < 4.78 is 61.7. The van der Waals surface area contributed by atoms with Crippen LogP contribution >= 0.6 is 46.4 Å². The predicted octanol–water partition coefficient (Wildman–Crippen LogP) is 16.3. The fourth-order valence-electron chi connectivity index (χ4n) is 17.9. The first-order valence-corrected chi connectivity index (χ1v) is 43.9. The number of ketones is 6. The molecule has 8 amide bonds. The molecule has 0 bridgehead atoms. The Hall–Kier alpha value is -11.9. The number of anilines is 4. The summed E-state index contributed by atoms with van der Waals surface area (Å²) in [6, 6.07) is 22.6. The van der Waals surface area contributed by atoms with Crippen molar-refractivity contribution in [2.75, 3.05) is 21.3 Å². The largest absolute Gasteiger partial charge is 0.347 e. The Morgan fingerprint density at radius 1 is 0.465 bits per heavy atom. The van der Waals surface area contributed by atoms with Crippen molar-refractivity contribution >= 4 is 151 Å². The van der Waals surface area contributed by atoms with Crippen LogP contribution in [0.1, 0.15) is 269 Å². The maximum Gasteiger partial charge on any atom is 0.293 e. The molecule has 0 radical (unpaired) electrons. The number of Topliss-reactive ketones (excluding diaryl/α,β-unsaturated/α-hetero) is 6. The number of aromatic nitrogens is 4. The van der Waals surface area contributed by atoms with Gasteiger partial charge < -0.3 is 60.8 Å². The summed E-state index contributed by atoms with van der Waals surface area (Å²) in [5, 5.41) is 31.8. The molecule has 3 saturated carbocycles. The van der Waals surface area contributed by atoms with E-state index in [4.69, 9.17) is 46.4 Å². The van der Waals surface area contributed by atoms with E-state index in [1.165, 1.54) is 13.8 Å². The monoisotopic (exact) mass is 1850 g/mol. The van der Waals surface area contributed by atoms with Gasteiger partial charge in [0.1, 0.15) is 33.9 Å². The molecule has 0 spiro atoms. The Balaban J connectivity index is 0.000000157. The highest BCUT2D eigenvalue weighted by molar-refractivity contribution is 6.49. The van der Waals surface area contributed by atoms with E-state index >= 15 is 0 Å². The van der Waals surface area contributed by atoms with Crippen LogP contribution in [0, 0.1) is 65.7 Å². The molecule has 4 aliphatic heterocycles. The molecule has 4 aromatic carbocycles. The molecule has 8 N–H and O–H groups in total. The lowest BCUT2D eigenvalue weighted by Crippen LogP contribution is -2.67. The van der Waals surface area contributed by atoms with Gasteiger partial charge in [-0.05, 0) is 228 Å². The van der Waals surface area contributed by atoms with Gasteiger partial charge in [0.25, 0.3) is 82.2 Å². The lowest BCUT2D eigenvalue weighted by Gasteiger charge is -2.46. The number of hydrogen-bond acceptors (Lipinski definition) is 15. The number of aryl methyl sites for hydroxylation is 4. The number of carbonyl (C=O) groups is 14. The van der Waals surface area contributed by atoms with Crippen molar-refractivity contribution < 1.29 is 84.7 Å². The third-order valence-corrected chi connectivity index (χ3v) is 25.8. The molecule has 680 valence electrons. The molecule has 35 heteroatoms. The van der Waals surface area contributed by atoms with Gasteiger partial charge in [-0.2, -0.15) is 5.26 Å². The Labute approximate surface area is 761 Å². The van der Waals surface area contributed by atoms with Crippen LogP contribution in [0.25, 0.3) is 0 Å². The van der Waals surface area contributed by atoms with Gasteiger partial charge in [-0.15, -0.1) is 0 Å². The van der Waals surface area contributed by atoms with Gasteiger partial charge in [-0.1, -0.05) is 84.5 Å². The summed E-state index contributed by atoms with van der Waals surface area (Å²) in [4.78, 5) is 180. The second-order valence-corrected chi connectivity index (χ2v) is 36.9. The number of hydrogen-bond donors (Lipinski definition) is 8. The van der Waals surface area contributed by atoms with Crippen LogP contribution < -0.4 is 42.5 Å². The van der Waals surface area contributed by atoms with Crippen molar-refractivity contribution in [1.29, 1.82) is 5.26 Å². The van der Waals surface area contributed by atoms with E-state index in [1.54, 1.807) is 131 Å². The van der Waals surface area contributed by atoms with E-state index in [-0.39, 0.29) is 75.5 Å². The van der Waals surface area contributed by atoms with Crippen molar-refractivity contribution in [3.8, 4) is 6.07 Å². The molecule has 0 saturated heterocycles. The average Bonchev–Trinajstić information content (AvgIpc) is 1.53. The Morgan fingerprint density at radius 2 is 0.806 bits per heavy atom. The van der Waals surface area contributed by atoms with Crippen LogP contribution in [0.15, 0.2) is 72.8 Å². The maximum absolute atomic E-state index is 13.7. The molecule has 2 atom stereocenters. The van der Waals surface area contributed by atoms with Crippen LogP contribution in [-0.4, -0.2) is 135 Å². The number of rotatable bonds is 23. The summed E-state index contributed by atoms with van der Waals surface area (Å²) in [6.07, 6.45) is 1.99.